The zero-order chi connectivity index (χ0) is 28.5. The maximum atomic E-state index is 13.4. The van der Waals surface area contributed by atoms with Gasteiger partial charge in [-0.2, -0.15) is 8.42 Å². The van der Waals surface area contributed by atoms with Gasteiger partial charge in [-0.1, -0.05) is 26.8 Å². The van der Waals surface area contributed by atoms with Crippen LogP contribution < -0.4 is 20.1 Å². The molecule has 0 saturated carbocycles. The topological polar surface area (TPSA) is 140 Å². The van der Waals surface area contributed by atoms with E-state index in [4.69, 9.17) is 15.5 Å². The molecule has 0 aliphatic carbocycles. The van der Waals surface area contributed by atoms with E-state index in [0.29, 0.717) is 48.1 Å². The van der Waals surface area contributed by atoms with Crippen LogP contribution in [-0.4, -0.2) is 48.0 Å². The standard InChI is InChI=1S/C28H36N6O4S/c1-17(2)16-38-24-13-18(3)12-22(30-24)21-11-10-20(26(31-21)34-15-19(4)14-28(34,5)6)27(35)33-39(36,37)25-9-7-8-23(29)32-25/h7-13,17,19H,14-16H2,1-6H3,(H2,29,32)(H,33,35)/t19-/m0/s1. The third-order valence-electron chi connectivity index (χ3n) is 6.47. The molecule has 3 aromatic rings. The Morgan fingerprint density at radius 1 is 1.15 bits per heavy atom. The summed E-state index contributed by atoms with van der Waals surface area (Å²) in [5.74, 6) is 0.822. The van der Waals surface area contributed by atoms with Gasteiger partial charge in [0.2, 0.25) is 5.88 Å². The average Bonchev–Trinajstić information content (AvgIpc) is 3.13. The van der Waals surface area contributed by atoms with Crippen LogP contribution in [0.15, 0.2) is 47.5 Å². The van der Waals surface area contributed by atoms with Crippen molar-refractivity contribution in [3.63, 3.8) is 0 Å². The minimum Gasteiger partial charge on any atom is -0.477 e. The van der Waals surface area contributed by atoms with Crippen LogP contribution in [0.1, 0.15) is 57.0 Å². The molecule has 1 aliphatic rings. The number of sulfonamides is 1. The summed E-state index contributed by atoms with van der Waals surface area (Å²) < 4.78 is 33.9. The third-order valence-corrected chi connectivity index (χ3v) is 7.70. The number of ether oxygens (including phenoxy) is 1. The van der Waals surface area contributed by atoms with Crippen LogP contribution in [0, 0.1) is 18.8 Å². The normalized spacial score (nSPS) is 16.9. The van der Waals surface area contributed by atoms with Crippen molar-refractivity contribution in [1.29, 1.82) is 0 Å². The monoisotopic (exact) mass is 552 g/mol. The number of pyridine rings is 3. The second kappa shape index (κ2) is 10.8. The fourth-order valence-corrected chi connectivity index (χ4v) is 5.78. The second-order valence-corrected chi connectivity index (χ2v) is 12.8. The molecule has 10 nitrogen and oxygen atoms in total. The zero-order valence-electron chi connectivity index (χ0n) is 23.2. The molecule has 0 bridgehead atoms. The number of aromatic nitrogens is 3. The van der Waals surface area contributed by atoms with Gasteiger partial charge in [-0.25, -0.2) is 19.7 Å². The Hall–Kier alpha value is -3.73. The summed E-state index contributed by atoms with van der Waals surface area (Å²) in [6, 6.07) is 11.2. The van der Waals surface area contributed by atoms with Crippen LogP contribution in [0.4, 0.5) is 11.6 Å². The number of rotatable bonds is 8. The molecule has 11 heteroatoms. The number of nitrogens with zero attached hydrogens (tertiary/aromatic N) is 4. The molecule has 0 spiro atoms. The molecule has 208 valence electrons. The number of carbonyl (C=O) groups is 1. The molecule has 0 radical (unpaired) electrons. The van der Waals surface area contributed by atoms with Crippen molar-refractivity contribution < 1.29 is 17.9 Å². The Bertz CT molecular complexity index is 1490. The summed E-state index contributed by atoms with van der Waals surface area (Å²) in [4.78, 5) is 28.9. The lowest BCUT2D eigenvalue weighted by Gasteiger charge is -2.34. The van der Waals surface area contributed by atoms with Gasteiger partial charge >= 0.3 is 0 Å². The first kappa shape index (κ1) is 28.3. The molecular weight excluding hydrogens is 516 g/mol. The highest BCUT2D eigenvalue weighted by molar-refractivity contribution is 7.90. The molecular formula is C28H36N6O4S. The van der Waals surface area contributed by atoms with Crippen molar-refractivity contribution >= 4 is 27.6 Å². The van der Waals surface area contributed by atoms with Gasteiger partial charge in [-0.05, 0) is 74.9 Å². The summed E-state index contributed by atoms with van der Waals surface area (Å²) in [5, 5.41) is -0.338. The van der Waals surface area contributed by atoms with Crippen LogP contribution >= 0.6 is 0 Å². The number of hydrogen-bond acceptors (Lipinski definition) is 9. The van der Waals surface area contributed by atoms with Crippen molar-refractivity contribution in [3.05, 3.63) is 53.6 Å². The molecule has 39 heavy (non-hydrogen) atoms. The maximum absolute atomic E-state index is 13.4. The van der Waals surface area contributed by atoms with E-state index in [9.17, 15) is 13.2 Å². The van der Waals surface area contributed by atoms with Crippen molar-refractivity contribution in [3.8, 4) is 17.3 Å². The van der Waals surface area contributed by atoms with Crippen molar-refractivity contribution in [2.45, 2.75) is 58.5 Å². The molecule has 3 aromatic heterocycles. The number of amides is 1. The van der Waals surface area contributed by atoms with Gasteiger partial charge in [0.25, 0.3) is 15.9 Å². The summed E-state index contributed by atoms with van der Waals surface area (Å²) in [6.45, 7) is 13.6. The minimum absolute atomic E-state index is 0.0345. The van der Waals surface area contributed by atoms with Crippen LogP contribution in [0.5, 0.6) is 5.88 Å². The second-order valence-electron chi connectivity index (χ2n) is 11.2. The molecule has 4 rings (SSSR count). The Morgan fingerprint density at radius 3 is 2.54 bits per heavy atom. The molecule has 0 unspecified atom stereocenters. The lowest BCUT2D eigenvalue weighted by atomic mass is 9.97. The highest BCUT2D eigenvalue weighted by Crippen LogP contribution is 2.38. The van der Waals surface area contributed by atoms with Crippen LogP contribution in [0.3, 0.4) is 0 Å². The van der Waals surface area contributed by atoms with Gasteiger partial charge in [0.05, 0.1) is 23.6 Å². The Kier molecular flexibility index (Phi) is 7.83. The van der Waals surface area contributed by atoms with E-state index in [1.54, 1.807) is 12.1 Å². The summed E-state index contributed by atoms with van der Waals surface area (Å²) in [6.07, 6.45) is 0.890. The van der Waals surface area contributed by atoms with Gasteiger partial charge in [0.15, 0.2) is 5.03 Å². The highest BCUT2D eigenvalue weighted by Gasteiger charge is 2.39. The van der Waals surface area contributed by atoms with Gasteiger partial charge in [0, 0.05) is 18.2 Å². The lowest BCUT2D eigenvalue weighted by molar-refractivity contribution is 0.0981. The first-order valence-corrected chi connectivity index (χ1v) is 14.4. The smallest absolute Gasteiger partial charge is 0.281 e. The Balaban J connectivity index is 1.76. The molecule has 1 aliphatic heterocycles. The predicted molar refractivity (Wildman–Crippen MR) is 151 cm³/mol. The van der Waals surface area contributed by atoms with Gasteiger partial charge < -0.3 is 15.4 Å². The van der Waals surface area contributed by atoms with Gasteiger partial charge in [-0.3, -0.25) is 4.79 Å². The van der Waals surface area contributed by atoms with Crippen LogP contribution in [0.25, 0.3) is 11.4 Å². The number of anilines is 2. The van der Waals surface area contributed by atoms with Gasteiger partial charge in [-0.15, -0.1) is 0 Å². The van der Waals surface area contributed by atoms with E-state index < -0.39 is 15.9 Å². The number of hydrogen-bond donors (Lipinski definition) is 2. The number of nitrogens with one attached hydrogen (secondary N) is 1. The van der Waals surface area contributed by atoms with E-state index in [1.165, 1.54) is 18.2 Å². The first-order valence-electron chi connectivity index (χ1n) is 13.0. The minimum atomic E-state index is -4.26. The van der Waals surface area contributed by atoms with Crippen molar-refractivity contribution in [2.24, 2.45) is 11.8 Å². The molecule has 1 saturated heterocycles. The molecule has 1 atom stereocenters. The lowest BCUT2D eigenvalue weighted by Crippen LogP contribution is -2.41. The quantitative estimate of drug-likeness (QED) is 0.420. The average molecular weight is 553 g/mol. The summed E-state index contributed by atoms with van der Waals surface area (Å²) in [5.41, 5.74) is 7.59. The summed E-state index contributed by atoms with van der Waals surface area (Å²) >= 11 is 0. The van der Waals surface area contributed by atoms with Crippen molar-refractivity contribution in [2.75, 3.05) is 23.8 Å². The van der Waals surface area contributed by atoms with E-state index >= 15 is 0 Å². The molecule has 1 amide bonds. The number of nitrogen functional groups attached to an aromatic ring is 1. The molecule has 1 fully saturated rings. The van der Waals surface area contributed by atoms with E-state index in [0.717, 1.165) is 12.0 Å². The van der Waals surface area contributed by atoms with Crippen LogP contribution in [0.2, 0.25) is 0 Å². The van der Waals surface area contributed by atoms with Crippen molar-refractivity contribution in [1.82, 2.24) is 19.7 Å². The zero-order valence-corrected chi connectivity index (χ0v) is 24.0. The first-order chi connectivity index (χ1) is 18.2. The number of aryl methyl sites for hydroxylation is 1. The molecule has 4 heterocycles. The molecule has 0 aromatic carbocycles. The van der Waals surface area contributed by atoms with Gasteiger partial charge in [0.1, 0.15) is 11.6 Å². The fraction of sp³-hybridized carbons (Fsp3) is 0.429. The fourth-order valence-electron chi connectivity index (χ4n) is 4.84. The maximum Gasteiger partial charge on any atom is 0.281 e. The SMILES string of the molecule is Cc1cc(OCC(C)C)nc(-c2ccc(C(=O)NS(=O)(=O)c3cccc(N)n3)c(N3C[C@@H](C)CC3(C)C)n2)c1. The van der Waals surface area contributed by atoms with Crippen LogP contribution in [-0.2, 0) is 10.0 Å². The Labute approximate surface area is 230 Å². The molecule has 3 N–H and O–H groups in total. The highest BCUT2D eigenvalue weighted by atomic mass is 32.2. The third kappa shape index (κ3) is 6.47. The summed E-state index contributed by atoms with van der Waals surface area (Å²) in [7, 11) is -4.26. The Morgan fingerprint density at radius 2 is 1.90 bits per heavy atom. The number of carbonyl (C=O) groups excluding carboxylic acids is 1. The predicted octanol–water partition coefficient (Wildman–Crippen LogP) is 4.21. The largest absolute Gasteiger partial charge is 0.477 e. The van der Waals surface area contributed by atoms with E-state index in [-0.39, 0.29) is 21.9 Å². The van der Waals surface area contributed by atoms with E-state index in [1.807, 2.05) is 19.1 Å². The van der Waals surface area contributed by atoms with E-state index in [2.05, 4.69) is 54.2 Å². The number of nitrogens with two attached hydrogens (primary N) is 1.